The second-order valence-electron chi connectivity index (χ2n) is 7.82. The fourth-order valence-electron chi connectivity index (χ4n) is 3.21. The van der Waals surface area contributed by atoms with E-state index in [1.54, 1.807) is 55.5 Å². The van der Waals surface area contributed by atoms with Crippen molar-refractivity contribution in [3.05, 3.63) is 90.0 Å². The Morgan fingerprint density at radius 1 is 0.970 bits per heavy atom. The van der Waals surface area contributed by atoms with Crippen LogP contribution < -0.4 is 9.73 Å². The highest BCUT2D eigenvalue weighted by atomic mass is 32.2. The molecule has 0 aliphatic rings. The zero-order valence-electron chi connectivity index (χ0n) is 18.8. The number of hydrogen-bond donors (Lipinski definition) is 2. The van der Waals surface area contributed by atoms with E-state index in [1.807, 2.05) is 26.0 Å². The normalized spacial score (nSPS) is 11.9. The topological polar surface area (TPSA) is 99.1 Å². The van der Waals surface area contributed by atoms with E-state index in [-0.39, 0.29) is 16.6 Å². The van der Waals surface area contributed by atoms with Gasteiger partial charge in [-0.3, -0.25) is 9.10 Å². The van der Waals surface area contributed by atoms with Gasteiger partial charge in [-0.1, -0.05) is 56.3 Å². The average molecular weight is 466 g/mol. The van der Waals surface area contributed by atoms with E-state index in [0.29, 0.717) is 17.0 Å². The van der Waals surface area contributed by atoms with Gasteiger partial charge in [-0.15, -0.1) is 0 Å². The predicted molar refractivity (Wildman–Crippen MR) is 130 cm³/mol. The summed E-state index contributed by atoms with van der Waals surface area (Å²) in [5, 5.41) is 14.0. The molecule has 172 valence electrons. The van der Waals surface area contributed by atoms with Gasteiger partial charge in [0.2, 0.25) is 0 Å². The molecule has 0 saturated heterocycles. The van der Waals surface area contributed by atoms with Gasteiger partial charge in [-0.05, 0) is 54.8 Å². The molecule has 0 atom stereocenters. The molecule has 3 rings (SSSR count). The second-order valence-corrected chi connectivity index (χ2v) is 9.68. The van der Waals surface area contributed by atoms with E-state index in [2.05, 4.69) is 10.5 Å². The summed E-state index contributed by atoms with van der Waals surface area (Å²) in [6, 6.07) is 21.7. The van der Waals surface area contributed by atoms with Crippen LogP contribution in [0.15, 0.2) is 88.9 Å². The summed E-state index contributed by atoms with van der Waals surface area (Å²) in [6.45, 7) is 5.27. The predicted octanol–water partition coefficient (Wildman–Crippen LogP) is 4.25. The van der Waals surface area contributed by atoms with E-state index >= 15 is 0 Å². The molecule has 0 aromatic heterocycles. The first-order chi connectivity index (χ1) is 15.7. The quantitative estimate of drug-likeness (QED) is 0.384. The maximum Gasteiger partial charge on any atom is 0.264 e. The highest BCUT2D eigenvalue weighted by Crippen LogP contribution is 2.25. The lowest BCUT2D eigenvalue weighted by Gasteiger charge is -2.24. The number of nitrogens with one attached hydrogen (secondary N) is 1. The Bertz CT molecular complexity index is 1240. The summed E-state index contributed by atoms with van der Waals surface area (Å²) in [4.78, 5) is 12.8. The third-order valence-corrected chi connectivity index (χ3v) is 6.90. The van der Waals surface area contributed by atoms with Crippen molar-refractivity contribution in [3.63, 3.8) is 0 Å². The highest BCUT2D eigenvalue weighted by molar-refractivity contribution is 7.92. The van der Waals surface area contributed by atoms with Gasteiger partial charge in [-0.25, -0.2) is 13.8 Å². The molecule has 0 heterocycles. The Labute approximate surface area is 194 Å². The number of para-hydroxylation sites is 1. The lowest BCUT2D eigenvalue weighted by Crippen LogP contribution is -2.39. The first-order valence-electron chi connectivity index (χ1n) is 10.5. The molecule has 3 aromatic rings. The minimum atomic E-state index is -4.00. The molecule has 0 radical (unpaired) electrons. The van der Waals surface area contributed by atoms with Crippen LogP contribution in [0, 0.1) is 0 Å². The molecular formula is C25H27N3O4S. The first-order valence-corrected chi connectivity index (χ1v) is 11.9. The van der Waals surface area contributed by atoms with E-state index < -0.39 is 22.5 Å². The minimum absolute atomic E-state index is 0.0338. The molecule has 0 aliphatic carbocycles. The van der Waals surface area contributed by atoms with Crippen LogP contribution in [0.2, 0.25) is 0 Å². The van der Waals surface area contributed by atoms with Crippen molar-refractivity contribution in [3.8, 4) is 5.75 Å². The summed E-state index contributed by atoms with van der Waals surface area (Å²) >= 11 is 0. The molecule has 0 aliphatic heterocycles. The van der Waals surface area contributed by atoms with Crippen molar-refractivity contribution in [2.75, 3.05) is 10.8 Å². The number of rotatable bonds is 8. The molecule has 7 nitrogen and oxygen atoms in total. The first kappa shape index (κ1) is 24.0. The monoisotopic (exact) mass is 465 g/mol. The Balaban J connectivity index is 1.89. The molecule has 3 aromatic carbocycles. The van der Waals surface area contributed by atoms with Crippen LogP contribution in [0.4, 0.5) is 5.69 Å². The highest BCUT2D eigenvalue weighted by Gasteiger charge is 2.27. The number of anilines is 1. The van der Waals surface area contributed by atoms with Gasteiger partial charge in [0.15, 0.2) is 0 Å². The van der Waals surface area contributed by atoms with Crippen LogP contribution in [0.3, 0.4) is 0 Å². The molecular weight excluding hydrogens is 438 g/mol. The number of benzene rings is 3. The van der Waals surface area contributed by atoms with Gasteiger partial charge < -0.3 is 5.11 Å². The maximum absolute atomic E-state index is 13.4. The number of phenolic OH excluding ortho intramolecular Hbond substituents is 1. The maximum atomic E-state index is 13.4. The Kier molecular flexibility index (Phi) is 7.50. The van der Waals surface area contributed by atoms with Crippen molar-refractivity contribution in [1.82, 2.24) is 5.43 Å². The summed E-state index contributed by atoms with van der Waals surface area (Å²) in [5.74, 6) is -0.294. The molecule has 0 bridgehead atoms. The zero-order chi connectivity index (χ0) is 24.0. The summed E-state index contributed by atoms with van der Waals surface area (Å²) < 4.78 is 27.8. The molecule has 33 heavy (non-hydrogen) atoms. The van der Waals surface area contributed by atoms with Gasteiger partial charge in [0.05, 0.1) is 16.3 Å². The molecule has 0 fully saturated rings. The fourth-order valence-corrected chi connectivity index (χ4v) is 4.65. The number of phenols is 1. The Morgan fingerprint density at radius 2 is 1.58 bits per heavy atom. The number of carbonyl (C=O) groups excluding carboxylic acids is 1. The third-order valence-electron chi connectivity index (χ3n) is 5.11. The van der Waals surface area contributed by atoms with Crippen LogP contribution in [0.25, 0.3) is 0 Å². The molecule has 1 amide bonds. The zero-order valence-corrected chi connectivity index (χ0v) is 19.6. The number of amides is 1. The van der Waals surface area contributed by atoms with Crippen LogP contribution in [-0.2, 0) is 14.8 Å². The van der Waals surface area contributed by atoms with Crippen molar-refractivity contribution >= 4 is 27.3 Å². The summed E-state index contributed by atoms with van der Waals surface area (Å²) in [7, 11) is -4.00. The van der Waals surface area contributed by atoms with Crippen molar-refractivity contribution in [2.24, 2.45) is 5.10 Å². The lowest BCUT2D eigenvalue weighted by molar-refractivity contribution is -0.119. The van der Waals surface area contributed by atoms with Gasteiger partial charge in [0.1, 0.15) is 12.3 Å². The SMILES string of the molecule is C/C(=N\NC(=O)CN(c1ccc(C(C)C)cc1)S(=O)(=O)c1ccccc1)c1ccccc1O. The second kappa shape index (κ2) is 10.3. The molecule has 2 N–H and O–H groups in total. The number of nitrogens with zero attached hydrogens (tertiary/aromatic N) is 2. The largest absolute Gasteiger partial charge is 0.507 e. The van der Waals surface area contributed by atoms with Crippen LogP contribution in [0.5, 0.6) is 5.75 Å². The van der Waals surface area contributed by atoms with E-state index in [4.69, 9.17) is 0 Å². The minimum Gasteiger partial charge on any atom is -0.507 e. The molecule has 0 unspecified atom stereocenters. The van der Waals surface area contributed by atoms with Crippen molar-refractivity contribution in [1.29, 1.82) is 0 Å². The van der Waals surface area contributed by atoms with E-state index in [9.17, 15) is 18.3 Å². The molecule has 0 spiro atoms. The van der Waals surface area contributed by atoms with Crippen LogP contribution >= 0.6 is 0 Å². The van der Waals surface area contributed by atoms with Gasteiger partial charge >= 0.3 is 0 Å². The number of hydrazone groups is 1. The Morgan fingerprint density at radius 3 is 2.18 bits per heavy atom. The average Bonchev–Trinajstić information content (AvgIpc) is 2.82. The lowest BCUT2D eigenvalue weighted by atomic mass is 10.0. The van der Waals surface area contributed by atoms with Crippen molar-refractivity contribution in [2.45, 2.75) is 31.6 Å². The van der Waals surface area contributed by atoms with Crippen LogP contribution in [-0.4, -0.2) is 31.7 Å². The van der Waals surface area contributed by atoms with Gasteiger partial charge in [-0.2, -0.15) is 5.10 Å². The van der Waals surface area contributed by atoms with Crippen LogP contribution in [0.1, 0.15) is 37.8 Å². The number of sulfonamides is 1. The summed E-state index contributed by atoms with van der Waals surface area (Å²) in [5.41, 5.74) is 4.68. The number of carbonyl (C=O) groups is 1. The molecule has 0 saturated carbocycles. The van der Waals surface area contributed by atoms with E-state index in [1.165, 1.54) is 18.2 Å². The smallest absolute Gasteiger partial charge is 0.264 e. The fraction of sp³-hybridized carbons (Fsp3) is 0.200. The number of aromatic hydroxyl groups is 1. The molecule has 8 heteroatoms. The third kappa shape index (κ3) is 5.78. The standard InChI is InChI=1S/C25H27N3O4S/c1-18(2)20-13-15-21(16-14-20)28(33(31,32)22-9-5-4-6-10-22)17-25(30)27-26-19(3)23-11-7-8-12-24(23)29/h4-16,18,29H,17H2,1-3H3,(H,27,30)/b26-19+. The van der Waals surface area contributed by atoms with E-state index in [0.717, 1.165) is 9.87 Å². The van der Waals surface area contributed by atoms with Gasteiger partial charge in [0, 0.05) is 5.56 Å². The Hall–Kier alpha value is -3.65. The summed E-state index contributed by atoms with van der Waals surface area (Å²) in [6.07, 6.45) is 0. The van der Waals surface area contributed by atoms with Crippen molar-refractivity contribution < 1.29 is 18.3 Å². The number of hydrogen-bond acceptors (Lipinski definition) is 5. The van der Waals surface area contributed by atoms with Gasteiger partial charge in [0.25, 0.3) is 15.9 Å².